The molecule has 0 aromatic carbocycles. The van der Waals surface area contributed by atoms with E-state index in [1.807, 2.05) is 26.1 Å². The van der Waals surface area contributed by atoms with Crippen LogP contribution in [0.3, 0.4) is 0 Å². The molecule has 10 nitrogen and oxygen atoms in total. The number of anilines is 1. The van der Waals surface area contributed by atoms with E-state index < -0.39 is 5.97 Å². The van der Waals surface area contributed by atoms with Gasteiger partial charge in [0.15, 0.2) is 0 Å². The van der Waals surface area contributed by atoms with E-state index in [4.69, 9.17) is 14.7 Å². The molecule has 2 saturated carbocycles. The molecule has 0 aliphatic heterocycles. The monoisotopic (exact) mass is 511 g/mol. The van der Waals surface area contributed by atoms with Crippen molar-refractivity contribution in [3.63, 3.8) is 0 Å². The second kappa shape index (κ2) is 10.9. The largest absolute Gasteiger partial charge is 0.488 e. The van der Waals surface area contributed by atoms with Crippen molar-refractivity contribution in [2.45, 2.75) is 83.3 Å². The van der Waals surface area contributed by atoms with Crippen LogP contribution in [0.2, 0.25) is 0 Å². The maximum Gasteiger partial charge on any atom is 0.306 e. The highest BCUT2D eigenvalue weighted by Crippen LogP contribution is 2.34. The van der Waals surface area contributed by atoms with Gasteiger partial charge in [-0.15, -0.1) is 5.10 Å². The number of carboxylic acid groups (broad SMARTS) is 1. The Morgan fingerprint density at radius 3 is 2.81 bits per heavy atom. The van der Waals surface area contributed by atoms with Crippen molar-refractivity contribution in [3.8, 4) is 17.1 Å². The van der Waals surface area contributed by atoms with Crippen LogP contribution in [0.15, 0.2) is 12.1 Å². The predicted octanol–water partition coefficient (Wildman–Crippen LogP) is 4.58. The van der Waals surface area contributed by atoms with Gasteiger partial charge in [0.25, 0.3) is 0 Å². The van der Waals surface area contributed by atoms with E-state index in [-0.39, 0.29) is 12.0 Å². The number of pyridine rings is 1. The molecule has 2 N–H and O–H groups in total. The van der Waals surface area contributed by atoms with Crippen molar-refractivity contribution in [2.75, 3.05) is 5.32 Å². The van der Waals surface area contributed by atoms with Crippen molar-refractivity contribution in [2.24, 2.45) is 13.0 Å². The molecule has 3 heterocycles. The van der Waals surface area contributed by atoms with E-state index in [0.717, 1.165) is 53.0 Å². The zero-order valence-electron chi connectivity index (χ0n) is 20.8. The number of ether oxygens (including phenoxy) is 1. The number of nitrogens with one attached hydrogen (secondary N) is 1. The second-order valence-corrected chi connectivity index (χ2v) is 10.5. The van der Waals surface area contributed by atoms with Crippen LogP contribution in [0, 0.1) is 5.92 Å². The molecule has 0 amide bonds. The second-order valence-electron chi connectivity index (χ2n) is 9.74. The third kappa shape index (κ3) is 5.35. The fourth-order valence-corrected chi connectivity index (χ4v) is 5.87. The van der Waals surface area contributed by atoms with Crippen LogP contribution in [0.1, 0.15) is 81.4 Å². The van der Waals surface area contributed by atoms with Crippen LogP contribution in [0.5, 0.6) is 5.75 Å². The van der Waals surface area contributed by atoms with Crippen LogP contribution in [0.25, 0.3) is 11.4 Å². The number of aryl methyl sites for hydroxylation is 2. The molecule has 0 radical (unpaired) electrons. The van der Waals surface area contributed by atoms with Crippen LogP contribution >= 0.6 is 11.5 Å². The average Bonchev–Trinajstić information content (AvgIpc) is 3.65. The number of aliphatic carboxylic acids is 1. The van der Waals surface area contributed by atoms with Gasteiger partial charge >= 0.3 is 5.97 Å². The maximum absolute atomic E-state index is 11.4. The van der Waals surface area contributed by atoms with Crippen LogP contribution < -0.4 is 10.1 Å². The number of aromatic nitrogens is 6. The summed E-state index contributed by atoms with van der Waals surface area (Å²) in [5.41, 5.74) is 3.20. The summed E-state index contributed by atoms with van der Waals surface area (Å²) in [5, 5.41) is 22.2. The fraction of sp³-hybridized carbons (Fsp3) is 0.600. The van der Waals surface area contributed by atoms with Crippen molar-refractivity contribution < 1.29 is 14.6 Å². The van der Waals surface area contributed by atoms with Gasteiger partial charge in [-0.1, -0.05) is 25.0 Å². The maximum atomic E-state index is 11.4. The first-order valence-corrected chi connectivity index (χ1v) is 13.6. The molecule has 11 heteroatoms. The molecule has 2 aliphatic rings. The van der Waals surface area contributed by atoms with Crippen LogP contribution in [-0.4, -0.2) is 46.5 Å². The Kier molecular flexibility index (Phi) is 7.45. The highest BCUT2D eigenvalue weighted by atomic mass is 32.1. The average molecular weight is 512 g/mol. The molecular formula is C25H33N7O3S. The summed E-state index contributed by atoms with van der Waals surface area (Å²) in [6.45, 7) is 2.55. The molecule has 3 aromatic heterocycles. The Labute approximate surface area is 214 Å². The molecule has 192 valence electrons. The molecule has 0 unspecified atom stereocenters. The summed E-state index contributed by atoms with van der Waals surface area (Å²) in [6.07, 6.45) is 8.45. The Balaban J connectivity index is 1.29. The minimum Gasteiger partial charge on any atom is -0.488 e. The topological polar surface area (TPSA) is 128 Å². The number of carbonyl (C=O) groups is 1. The fourth-order valence-electron chi connectivity index (χ4n) is 5.23. The van der Waals surface area contributed by atoms with Gasteiger partial charge < -0.3 is 15.2 Å². The van der Waals surface area contributed by atoms with Gasteiger partial charge in [-0.3, -0.25) is 4.79 Å². The third-order valence-electron chi connectivity index (χ3n) is 7.29. The summed E-state index contributed by atoms with van der Waals surface area (Å²) in [4.78, 5) is 21.0. The number of hydrogen-bond donors (Lipinski definition) is 2. The quantitative estimate of drug-likeness (QED) is 0.424. The molecule has 0 spiro atoms. The zero-order valence-corrected chi connectivity index (χ0v) is 21.6. The first kappa shape index (κ1) is 24.6. The van der Waals surface area contributed by atoms with Crippen LogP contribution in [0.4, 0.5) is 5.13 Å². The van der Waals surface area contributed by atoms with E-state index >= 15 is 0 Å². The summed E-state index contributed by atoms with van der Waals surface area (Å²) in [5.74, 6) is 1.10. The van der Waals surface area contributed by atoms with Gasteiger partial charge in [-0.25, -0.2) is 14.6 Å². The van der Waals surface area contributed by atoms with Gasteiger partial charge in [0.1, 0.15) is 17.3 Å². The SMILES string of the molecule is CCc1nc(-c2nnn(C)c2CNc2nc(C3CCCC3)ns2)ccc1O[C@H]1CCC[C@H](C(=O)O)C1. The molecule has 36 heavy (non-hydrogen) atoms. The Hall–Kier alpha value is -3.08. The Bertz CT molecular complexity index is 1200. The van der Waals surface area contributed by atoms with Gasteiger partial charge in [-0.05, 0) is 57.1 Å². The first-order chi connectivity index (χ1) is 17.5. The lowest BCUT2D eigenvalue weighted by Gasteiger charge is -2.28. The van der Waals surface area contributed by atoms with Crippen LogP contribution in [-0.2, 0) is 24.8 Å². The molecule has 2 atom stereocenters. The predicted molar refractivity (Wildman–Crippen MR) is 136 cm³/mol. The van der Waals surface area contributed by atoms with E-state index in [2.05, 4.69) is 20.0 Å². The Morgan fingerprint density at radius 2 is 2.03 bits per heavy atom. The van der Waals surface area contributed by atoms with E-state index in [0.29, 0.717) is 31.1 Å². The highest BCUT2D eigenvalue weighted by Gasteiger charge is 2.29. The zero-order chi connectivity index (χ0) is 25.1. The molecule has 2 aliphatic carbocycles. The lowest BCUT2D eigenvalue weighted by Crippen LogP contribution is -2.29. The molecule has 5 rings (SSSR count). The number of carboxylic acids is 1. The molecular weight excluding hydrogens is 478 g/mol. The van der Waals surface area contributed by atoms with Crippen molar-refractivity contribution >= 4 is 22.6 Å². The summed E-state index contributed by atoms with van der Waals surface area (Å²) >= 11 is 1.40. The molecule has 3 aromatic rings. The van der Waals surface area contributed by atoms with Gasteiger partial charge in [-0.2, -0.15) is 4.37 Å². The third-order valence-corrected chi connectivity index (χ3v) is 7.98. The molecule has 0 saturated heterocycles. The van der Waals surface area contributed by atoms with Crippen molar-refractivity contribution in [1.82, 2.24) is 29.3 Å². The Morgan fingerprint density at radius 1 is 1.19 bits per heavy atom. The number of hydrogen-bond acceptors (Lipinski definition) is 9. The van der Waals surface area contributed by atoms with E-state index in [9.17, 15) is 9.90 Å². The lowest BCUT2D eigenvalue weighted by atomic mass is 9.87. The first-order valence-electron chi connectivity index (χ1n) is 12.9. The minimum atomic E-state index is -0.737. The highest BCUT2D eigenvalue weighted by molar-refractivity contribution is 7.09. The smallest absolute Gasteiger partial charge is 0.306 e. The van der Waals surface area contributed by atoms with Gasteiger partial charge in [0.2, 0.25) is 5.13 Å². The van der Waals surface area contributed by atoms with Crippen molar-refractivity contribution in [3.05, 3.63) is 29.3 Å². The van der Waals surface area contributed by atoms with Gasteiger partial charge in [0, 0.05) is 24.5 Å². The minimum absolute atomic E-state index is 0.102. The summed E-state index contributed by atoms with van der Waals surface area (Å²) < 4.78 is 12.6. The van der Waals surface area contributed by atoms with E-state index in [1.54, 1.807) is 4.68 Å². The normalized spacial score (nSPS) is 20.5. The van der Waals surface area contributed by atoms with E-state index in [1.165, 1.54) is 37.2 Å². The lowest BCUT2D eigenvalue weighted by molar-refractivity contribution is -0.143. The summed E-state index contributed by atoms with van der Waals surface area (Å²) in [7, 11) is 1.87. The molecule has 0 bridgehead atoms. The van der Waals surface area contributed by atoms with Gasteiger partial charge in [0.05, 0.1) is 35.6 Å². The number of nitrogens with zero attached hydrogens (tertiary/aromatic N) is 6. The van der Waals surface area contributed by atoms with Crippen molar-refractivity contribution in [1.29, 1.82) is 0 Å². The molecule has 2 fully saturated rings. The number of rotatable bonds is 9. The summed E-state index contributed by atoms with van der Waals surface area (Å²) in [6, 6.07) is 3.83. The standard InChI is InChI=1S/C25H33N7O3S/c1-3-18-21(35-17-10-6-9-16(13-17)24(33)34)12-11-19(27-18)22-20(32(2)31-29-22)14-26-25-28-23(30-36-25)15-7-4-5-8-15/h11-12,15-17H,3-10,13-14H2,1-2H3,(H,33,34)(H,26,28,30)/t16-,17-/m0/s1.